The zero-order valence-electron chi connectivity index (χ0n) is 12.7. The van der Waals surface area contributed by atoms with Gasteiger partial charge in [-0.2, -0.15) is 13.2 Å². The molecule has 9 heteroatoms. The summed E-state index contributed by atoms with van der Waals surface area (Å²) in [5, 5.41) is 13.6. The highest BCUT2D eigenvalue weighted by Gasteiger charge is 2.40. The number of non-ortho nitro benzene ring substituents is 1. The molecular formula is C16H12F3N3O3. The zero-order valence-corrected chi connectivity index (χ0v) is 12.7. The van der Waals surface area contributed by atoms with E-state index in [0.29, 0.717) is 16.2 Å². The minimum Gasteiger partial charge on any atom is -0.361 e. The third-order valence-corrected chi connectivity index (χ3v) is 3.79. The molecule has 0 radical (unpaired) electrons. The average Bonchev–Trinajstić information content (AvgIpc) is 2.56. The van der Waals surface area contributed by atoms with Crippen molar-refractivity contribution in [1.29, 1.82) is 0 Å². The van der Waals surface area contributed by atoms with E-state index in [1.54, 1.807) is 18.2 Å². The largest absolute Gasteiger partial charge is 0.406 e. The van der Waals surface area contributed by atoms with Crippen LogP contribution in [-0.4, -0.2) is 28.5 Å². The molecule has 0 aliphatic carbocycles. The number of carbonyl (C=O) groups is 1. The molecule has 1 aliphatic heterocycles. The molecule has 130 valence electrons. The molecule has 1 atom stereocenters. The lowest BCUT2D eigenvalue weighted by Crippen LogP contribution is -2.47. The number of nitrogens with zero attached hydrogens (tertiary/aromatic N) is 2. The Balaban J connectivity index is 2.02. The Hall–Kier alpha value is -3.10. The topological polar surface area (TPSA) is 75.5 Å². The molecule has 1 aliphatic rings. The van der Waals surface area contributed by atoms with E-state index in [1.165, 1.54) is 30.3 Å². The first-order valence-electron chi connectivity index (χ1n) is 7.24. The third kappa shape index (κ3) is 3.39. The molecule has 0 unspecified atom stereocenters. The van der Waals surface area contributed by atoms with E-state index in [2.05, 4.69) is 5.32 Å². The number of alkyl halides is 3. The van der Waals surface area contributed by atoms with E-state index in [1.807, 2.05) is 0 Å². The second kappa shape index (κ2) is 6.08. The predicted octanol–water partition coefficient (Wildman–Crippen LogP) is 3.72. The maximum Gasteiger partial charge on any atom is 0.406 e. The van der Waals surface area contributed by atoms with Crippen LogP contribution in [0.1, 0.15) is 22.1 Å². The van der Waals surface area contributed by atoms with E-state index in [0.717, 1.165) is 0 Å². The van der Waals surface area contributed by atoms with Crippen molar-refractivity contribution in [3.63, 3.8) is 0 Å². The summed E-state index contributed by atoms with van der Waals surface area (Å²) in [5.41, 5.74) is 0.686. The number of hydrogen-bond donors (Lipinski definition) is 1. The van der Waals surface area contributed by atoms with Crippen LogP contribution in [-0.2, 0) is 0 Å². The van der Waals surface area contributed by atoms with Gasteiger partial charge in [-0.15, -0.1) is 0 Å². The van der Waals surface area contributed by atoms with Crippen molar-refractivity contribution < 1.29 is 22.9 Å². The molecule has 2 aromatic carbocycles. The van der Waals surface area contributed by atoms with Crippen LogP contribution in [0.15, 0.2) is 48.5 Å². The van der Waals surface area contributed by atoms with Gasteiger partial charge in [0.15, 0.2) is 0 Å². The summed E-state index contributed by atoms with van der Waals surface area (Å²) in [7, 11) is 0. The number of anilines is 1. The van der Waals surface area contributed by atoms with Gasteiger partial charge in [-0.3, -0.25) is 14.9 Å². The first kappa shape index (κ1) is 16.7. The van der Waals surface area contributed by atoms with Crippen LogP contribution < -0.4 is 5.32 Å². The normalized spacial score (nSPS) is 17.0. The van der Waals surface area contributed by atoms with Gasteiger partial charge in [0, 0.05) is 17.8 Å². The van der Waals surface area contributed by atoms with Crippen molar-refractivity contribution in [2.45, 2.75) is 12.3 Å². The SMILES string of the molecule is O=C1c2ccccc2N[C@H](c2ccc([N+](=O)[O-])cc2)N1CC(F)(F)F. The smallest absolute Gasteiger partial charge is 0.361 e. The van der Waals surface area contributed by atoms with Gasteiger partial charge in [0.2, 0.25) is 0 Å². The lowest BCUT2D eigenvalue weighted by atomic mass is 10.0. The lowest BCUT2D eigenvalue weighted by molar-refractivity contribution is -0.384. The van der Waals surface area contributed by atoms with Gasteiger partial charge in [-0.05, 0) is 29.8 Å². The molecule has 0 saturated carbocycles. The standard InChI is InChI=1S/C16H12F3N3O3/c17-16(18,19)9-21-14(10-5-7-11(8-6-10)22(24)25)20-13-4-2-1-3-12(13)15(21)23/h1-8,14,20H,9H2/t14-/m0/s1. The van der Waals surface area contributed by atoms with E-state index in [9.17, 15) is 28.1 Å². The summed E-state index contributed by atoms with van der Waals surface area (Å²) in [5.74, 6) is -0.755. The fraction of sp³-hybridized carbons (Fsp3) is 0.188. The van der Waals surface area contributed by atoms with Crippen molar-refractivity contribution in [1.82, 2.24) is 4.90 Å². The van der Waals surface area contributed by atoms with Crippen LogP contribution in [0.5, 0.6) is 0 Å². The molecule has 25 heavy (non-hydrogen) atoms. The number of rotatable bonds is 3. The highest BCUT2D eigenvalue weighted by atomic mass is 19.4. The second-order valence-electron chi connectivity index (χ2n) is 5.49. The van der Waals surface area contributed by atoms with Gasteiger partial charge in [-0.25, -0.2) is 0 Å². The number of para-hydroxylation sites is 1. The van der Waals surface area contributed by atoms with Gasteiger partial charge < -0.3 is 10.2 Å². The van der Waals surface area contributed by atoms with Crippen molar-refractivity contribution in [3.8, 4) is 0 Å². The van der Waals surface area contributed by atoms with E-state index >= 15 is 0 Å². The number of carbonyl (C=O) groups excluding carboxylic acids is 1. The van der Waals surface area contributed by atoms with Crippen LogP contribution in [0.4, 0.5) is 24.5 Å². The summed E-state index contributed by atoms with van der Waals surface area (Å²) in [4.78, 5) is 23.3. The Morgan fingerprint density at radius 1 is 1.12 bits per heavy atom. The molecule has 6 nitrogen and oxygen atoms in total. The highest BCUT2D eigenvalue weighted by Crippen LogP contribution is 2.35. The number of benzene rings is 2. The summed E-state index contributed by atoms with van der Waals surface area (Å²) in [6.45, 7) is -1.44. The van der Waals surface area contributed by atoms with Crippen LogP contribution in [0.2, 0.25) is 0 Å². The summed E-state index contributed by atoms with van der Waals surface area (Å²) in [6.07, 6.45) is -5.66. The molecule has 0 spiro atoms. The van der Waals surface area contributed by atoms with Crippen molar-refractivity contribution >= 4 is 17.3 Å². The Morgan fingerprint density at radius 3 is 2.36 bits per heavy atom. The molecule has 0 aromatic heterocycles. The molecule has 0 bridgehead atoms. The zero-order chi connectivity index (χ0) is 18.2. The van der Waals surface area contributed by atoms with Crippen LogP contribution in [0.25, 0.3) is 0 Å². The number of nitrogens with one attached hydrogen (secondary N) is 1. The predicted molar refractivity (Wildman–Crippen MR) is 83.0 cm³/mol. The van der Waals surface area contributed by atoms with Gasteiger partial charge >= 0.3 is 6.18 Å². The average molecular weight is 351 g/mol. The third-order valence-electron chi connectivity index (χ3n) is 3.79. The molecule has 1 amide bonds. The van der Waals surface area contributed by atoms with E-state index in [4.69, 9.17) is 0 Å². The minimum atomic E-state index is -4.58. The Kier molecular flexibility index (Phi) is 4.07. The molecule has 2 aromatic rings. The maximum absolute atomic E-state index is 12.9. The van der Waals surface area contributed by atoms with Gasteiger partial charge in [-0.1, -0.05) is 12.1 Å². The van der Waals surface area contributed by atoms with Crippen LogP contribution >= 0.6 is 0 Å². The molecule has 0 saturated heterocycles. The number of nitro benzene ring substituents is 1. The first-order valence-corrected chi connectivity index (χ1v) is 7.24. The van der Waals surface area contributed by atoms with Crippen LogP contribution in [0, 0.1) is 10.1 Å². The van der Waals surface area contributed by atoms with E-state index < -0.39 is 29.7 Å². The van der Waals surface area contributed by atoms with Crippen molar-refractivity contribution in [2.75, 3.05) is 11.9 Å². The number of hydrogen-bond acceptors (Lipinski definition) is 4. The second-order valence-corrected chi connectivity index (χ2v) is 5.49. The van der Waals surface area contributed by atoms with Crippen LogP contribution in [0.3, 0.4) is 0 Å². The van der Waals surface area contributed by atoms with Gasteiger partial charge in [0.05, 0.1) is 10.5 Å². The van der Waals surface area contributed by atoms with Crippen molar-refractivity contribution in [2.24, 2.45) is 0 Å². The molecular weight excluding hydrogens is 339 g/mol. The highest BCUT2D eigenvalue weighted by molar-refractivity contribution is 6.01. The van der Waals surface area contributed by atoms with Gasteiger partial charge in [0.25, 0.3) is 11.6 Å². The fourth-order valence-electron chi connectivity index (χ4n) is 2.69. The summed E-state index contributed by atoms with van der Waals surface area (Å²) in [6, 6.07) is 11.3. The van der Waals surface area contributed by atoms with Crippen molar-refractivity contribution in [3.05, 3.63) is 69.8 Å². The number of halogens is 3. The lowest BCUT2D eigenvalue weighted by Gasteiger charge is -2.38. The van der Waals surface area contributed by atoms with E-state index in [-0.39, 0.29) is 11.3 Å². The Morgan fingerprint density at radius 2 is 1.76 bits per heavy atom. The quantitative estimate of drug-likeness (QED) is 0.675. The Bertz CT molecular complexity index is 821. The monoisotopic (exact) mass is 351 g/mol. The number of nitro groups is 1. The number of fused-ring (bicyclic) bond motifs is 1. The maximum atomic E-state index is 12.9. The molecule has 0 fully saturated rings. The summed E-state index contributed by atoms with van der Waals surface area (Å²) < 4.78 is 38.8. The summed E-state index contributed by atoms with van der Waals surface area (Å²) >= 11 is 0. The molecule has 1 N–H and O–H groups in total. The number of amides is 1. The minimum absolute atomic E-state index is 0.143. The fourth-order valence-corrected chi connectivity index (χ4v) is 2.69. The molecule has 3 rings (SSSR count). The van der Waals surface area contributed by atoms with Gasteiger partial charge in [0.1, 0.15) is 12.7 Å². The first-order chi connectivity index (χ1) is 11.8. The Labute approximate surface area is 140 Å². The molecule has 1 heterocycles.